The molecule has 17 heavy (non-hydrogen) atoms. The van der Waals surface area contributed by atoms with Gasteiger partial charge in [0.25, 0.3) is 0 Å². The molecule has 2 atom stereocenters. The standard InChI is InChI=1S/C14H29ClO2/c1-6-13(5,17-9-4)11-14(7-2,8-3)12(16)10-15/h12,16H,6-11H2,1-5H3. The largest absolute Gasteiger partial charge is 0.391 e. The van der Waals surface area contributed by atoms with Crippen LogP contribution in [0.25, 0.3) is 0 Å². The Kier molecular flexibility index (Phi) is 7.70. The van der Waals surface area contributed by atoms with Crippen molar-refractivity contribution in [1.29, 1.82) is 0 Å². The lowest BCUT2D eigenvalue weighted by Crippen LogP contribution is -2.43. The van der Waals surface area contributed by atoms with E-state index in [9.17, 15) is 5.11 Å². The highest BCUT2D eigenvalue weighted by molar-refractivity contribution is 6.18. The van der Waals surface area contributed by atoms with Crippen LogP contribution in [0.15, 0.2) is 0 Å². The number of alkyl halides is 1. The zero-order valence-corrected chi connectivity index (χ0v) is 12.8. The average molecular weight is 265 g/mol. The van der Waals surface area contributed by atoms with E-state index in [4.69, 9.17) is 16.3 Å². The molecular formula is C14H29ClO2. The molecule has 0 amide bonds. The molecule has 0 fully saturated rings. The first-order valence-electron chi connectivity index (χ1n) is 6.81. The summed E-state index contributed by atoms with van der Waals surface area (Å²) < 4.78 is 5.88. The molecule has 3 heteroatoms. The van der Waals surface area contributed by atoms with Crippen LogP contribution in [0.5, 0.6) is 0 Å². The molecule has 2 nitrogen and oxygen atoms in total. The Morgan fingerprint density at radius 1 is 1.12 bits per heavy atom. The maximum absolute atomic E-state index is 10.2. The first-order chi connectivity index (χ1) is 7.93. The molecule has 0 aliphatic carbocycles. The third-order valence-corrected chi connectivity index (χ3v) is 4.52. The smallest absolute Gasteiger partial charge is 0.0732 e. The molecule has 0 aromatic carbocycles. The third-order valence-electron chi connectivity index (χ3n) is 4.23. The first kappa shape index (κ1) is 17.2. The fourth-order valence-electron chi connectivity index (χ4n) is 2.62. The fraction of sp³-hybridized carbons (Fsp3) is 1.00. The molecule has 0 spiro atoms. The molecule has 0 aromatic heterocycles. The van der Waals surface area contributed by atoms with E-state index in [1.165, 1.54) is 0 Å². The van der Waals surface area contributed by atoms with Crippen LogP contribution < -0.4 is 0 Å². The summed E-state index contributed by atoms with van der Waals surface area (Å²) in [5.74, 6) is 0.299. The van der Waals surface area contributed by atoms with Gasteiger partial charge >= 0.3 is 0 Å². The van der Waals surface area contributed by atoms with E-state index in [1.807, 2.05) is 6.92 Å². The van der Waals surface area contributed by atoms with Gasteiger partial charge in [0.05, 0.1) is 11.7 Å². The van der Waals surface area contributed by atoms with Crippen LogP contribution in [-0.4, -0.2) is 29.3 Å². The summed E-state index contributed by atoms with van der Waals surface area (Å²) in [6.07, 6.45) is 3.23. The predicted octanol–water partition coefficient (Wildman–Crippen LogP) is 3.99. The summed E-state index contributed by atoms with van der Waals surface area (Å²) in [4.78, 5) is 0. The molecule has 0 saturated carbocycles. The van der Waals surface area contributed by atoms with Gasteiger partial charge in [0.2, 0.25) is 0 Å². The maximum Gasteiger partial charge on any atom is 0.0732 e. The highest BCUT2D eigenvalue weighted by Gasteiger charge is 2.40. The van der Waals surface area contributed by atoms with E-state index in [0.717, 1.165) is 25.7 Å². The lowest BCUT2D eigenvalue weighted by Gasteiger charge is -2.43. The Morgan fingerprint density at radius 2 is 1.65 bits per heavy atom. The monoisotopic (exact) mass is 264 g/mol. The second-order valence-corrected chi connectivity index (χ2v) is 5.46. The Morgan fingerprint density at radius 3 is 1.94 bits per heavy atom. The van der Waals surface area contributed by atoms with Crippen LogP contribution >= 0.6 is 11.6 Å². The van der Waals surface area contributed by atoms with Crippen molar-refractivity contribution in [3.05, 3.63) is 0 Å². The minimum atomic E-state index is -0.453. The minimum absolute atomic E-state index is 0.123. The molecule has 0 aliphatic rings. The van der Waals surface area contributed by atoms with Crippen molar-refractivity contribution in [3.8, 4) is 0 Å². The van der Waals surface area contributed by atoms with Gasteiger partial charge in [0.15, 0.2) is 0 Å². The van der Waals surface area contributed by atoms with Crippen molar-refractivity contribution in [3.63, 3.8) is 0 Å². The van der Waals surface area contributed by atoms with Crippen molar-refractivity contribution < 1.29 is 9.84 Å². The van der Waals surface area contributed by atoms with Crippen LogP contribution in [-0.2, 0) is 4.74 Å². The molecule has 1 N–H and O–H groups in total. The number of aliphatic hydroxyl groups is 1. The molecule has 2 unspecified atom stereocenters. The lowest BCUT2D eigenvalue weighted by atomic mass is 9.69. The summed E-state index contributed by atoms with van der Waals surface area (Å²) in [5.41, 5.74) is -0.282. The van der Waals surface area contributed by atoms with Gasteiger partial charge in [-0.05, 0) is 44.9 Å². The van der Waals surface area contributed by atoms with Gasteiger partial charge in [-0.2, -0.15) is 0 Å². The Hall–Kier alpha value is 0.210. The van der Waals surface area contributed by atoms with Gasteiger partial charge in [-0.25, -0.2) is 0 Å². The Balaban J connectivity index is 4.95. The fourth-order valence-corrected chi connectivity index (χ4v) is 2.95. The summed E-state index contributed by atoms with van der Waals surface area (Å²) in [6.45, 7) is 11.3. The van der Waals surface area contributed by atoms with Gasteiger partial charge in [0.1, 0.15) is 0 Å². The molecule has 0 bridgehead atoms. The minimum Gasteiger partial charge on any atom is -0.391 e. The quantitative estimate of drug-likeness (QED) is 0.638. The van der Waals surface area contributed by atoms with Gasteiger partial charge in [-0.3, -0.25) is 0 Å². The van der Waals surface area contributed by atoms with Crippen molar-refractivity contribution in [2.24, 2.45) is 5.41 Å². The zero-order chi connectivity index (χ0) is 13.5. The normalized spacial score (nSPS) is 17.8. The van der Waals surface area contributed by atoms with Crippen molar-refractivity contribution >= 4 is 11.6 Å². The van der Waals surface area contributed by atoms with E-state index in [0.29, 0.717) is 12.5 Å². The molecule has 0 heterocycles. The number of ether oxygens (including phenoxy) is 1. The zero-order valence-electron chi connectivity index (χ0n) is 12.1. The molecule has 0 rings (SSSR count). The van der Waals surface area contributed by atoms with Crippen molar-refractivity contribution in [2.45, 2.75) is 72.0 Å². The van der Waals surface area contributed by atoms with Gasteiger partial charge in [-0.1, -0.05) is 20.8 Å². The average Bonchev–Trinajstić information content (AvgIpc) is 2.35. The number of aliphatic hydroxyl groups excluding tert-OH is 1. The summed E-state index contributed by atoms with van der Waals surface area (Å²) in [7, 11) is 0. The van der Waals surface area contributed by atoms with Gasteiger partial charge in [-0.15, -0.1) is 11.6 Å². The first-order valence-corrected chi connectivity index (χ1v) is 7.35. The maximum atomic E-state index is 10.2. The van der Waals surface area contributed by atoms with E-state index < -0.39 is 6.10 Å². The lowest BCUT2D eigenvalue weighted by molar-refractivity contribution is -0.0902. The highest BCUT2D eigenvalue weighted by atomic mass is 35.5. The topological polar surface area (TPSA) is 29.5 Å². The van der Waals surface area contributed by atoms with Crippen LogP contribution in [0.3, 0.4) is 0 Å². The Labute approximate surface area is 112 Å². The van der Waals surface area contributed by atoms with E-state index in [2.05, 4.69) is 27.7 Å². The van der Waals surface area contributed by atoms with Crippen LogP contribution in [0.2, 0.25) is 0 Å². The summed E-state index contributed by atoms with van der Waals surface area (Å²) in [5, 5.41) is 10.2. The number of hydrogen-bond donors (Lipinski definition) is 1. The van der Waals surface area contributed by atoms with Crippen LogP contribution in [0.4, 0.5) is 0 Å². The van der Waals surface area contributed by atoms with E-state index in [-0.39, 0.29) is 11.0 Å². The van der Waals surface area contributed by atoms with Crippen LogP contribution in [0.1, 0.15) is 60.3 Å². The van der Waals surface area contributed by atoms with E-state index >= 15 is 0 Å². The molecule has 104 valence electrons. The van der Waals surface area contributed by atoms with Crippen molar-refractivity contribution in [1.82, 2.24) is 0 Å². The third kappa shape index (κ3) is 4.42. The molecule has 0 aromatic rings. The van der Waals surface area contributed by atoms with Gasteiger partial charge < -0.3 is 9.84 Å². The van der Waals surface area contributed by atoms with Gasteiger partial charge in [0, 0.05) is 12.5 Å². The van der Waals surface area contributed by atoms with E-state index in [1.54, 1.807) is 0 Å². The van der Waals surface area contributed by atoms with Crippen LogP contribution in [0, 0.1) is 5.41 Å². The molecule has 0 saturated heterocycles. The SMILES string of the molecule is CCOC(C)(CC)CC(CC)(CC)C(O)CCl. The van der Waals surface area contributed by atoms with Crippen molar-refractivity contribution in [2.75, 3.05) is 12.5 Å². The second-order valence-electron chi connectivity index (χ2n) is 5.15. The number of rotatable bonds is 9. The predicted molar refractivity (Wildman–Crippen MR) is 74.7 cm³/mol. The molecule has 0 aliphatic heterocycles. The number of halogens is 1. The second kappa shape index (κ2) is 7.60. The molecule has 0 radical (unpaired) electrons. The summed E-state index contributed by atoms with van der Waals surface area (Å²) >= 11 is 5.85. The molecular weight excluding hydrogens is 236 g/mol. The highest BCUT2D eigenvalue weighted by Crippen LogP contribution is 2.41. The Bertz CT molecular complexity index is 204. The summed E-state index contributed by atoms with van der Waals surface area (Å²) in [6, 6.07) is 0. The number of hydrogen-bond acceptors (Lipinski definition) is 2.